The summed E-state index contributed by atoms with van der Waals surface area (Å²) in [5.74, 6) is 5.86. The summed E-state index contributed by atoms with van der Waals surface area (Å²) in [5, 5.41) is 9.68. The molecule has 1 fully saturated rings. The smallest absolute Gasteiger partial charge is 0.251 e. The van der Waals surface area contributed by atoms with Crippen molar-refractivity contribution in [2.75, 3.05) is 37.6 Å². The highest BCUT2D eigenvalue weighted by Gasteiger charge is 2.21. The number of aryl methyl sites for hydroxylation is 1. The fourth-order valence-electron chi connectivity index (χ4n) is 4.00. The summed E-state index contributed by atoms with van der Waals surface area (Å²) in [6, 6.07) is 11.5. The van der Waals surface area contributed by atoms with Crippen LogP contribution < -0.4 is 10.2 Å². The van der Waals surface area contributed by atoms with E-state index in [0.717, 1.165) is 29.7 Å². The zero-order valence-electron chi connectivity index (χ0n) is 19.7. The largest absolute Gasteiger partial charge is 0.367 e. The summed E-state index contributed by atoms with van der Waals surface area (Å²) >= 11 is 0. The number of H-pyrrole nitrogens is 1. The zero-order chi connectivity index (χ0) is 24.6. The molecule has 2 heterocycles. The number of aromatic amines is 1. The van der Waals surface area contributed by atoms with Gasteiger partial charge in [0, 0.05) is 62.5 Å². The Balaban J connectivity index is 1.50. The third kappa shape index (κ3) is 6.48. The van der Waals surface area contributed by atoms with Gasteiger partial charge >= 0.3 is 0 Å². The standard InChI is InChI=1S/C27H28FN5O2/c1-20(34)32-13-15-33(16-14-32)26-11-8-24(27(35)29-12-2-3-22-18-30-31-19-22)17-23(26)7-4-21-5-9-25(28)10-6-21/h5-6,8-11,17-19H,2-3,12-16H2,1H3,(H,29,35)(H,30,31). The molecule has 35 heavy (non-hydrogen) atoms. The molecule has 0 bridgehead atoms. The van der Waals surface area contributed by atoms with E-state index in [4.69, 9.17) is 0 Å². The van der Waals surface area contributed by atoms with Crippen LogP contribution in [-0.4, -0.2) is 59.6 Å². The quantitative estimate of drug-likeness (QED) is 0.426. The average molecular weight is 474 g/mol. The lowest BCUT2D eigenvalue weighted by Crippen LogP contribution is -2.48. The van der Waals surface area contributed by atoms with Gasteiger partial charge in [-0.25, -0.2) is 4.39 Å². The molecule has 0 spiro atoms. The van der Waals surface area contributed by atoms with Gasteiger partial charge in [-0.15, -0.1) is 0 Å². The maximum atomic E-state index is 13.3. The number of aromatic nitrogens is 2. The van der Waals surface area contributed by atoms with E-state index in [1.165, 1.54) is 12.1 Å². The van der Waals surface area contributed by atoms with E-state index in [-0.39, 0.29) is 17.6 Å². The van der Waals surface area contributed by atoms with Gasteiger partial charge in [-0.05, 0) is 60.9 Å². The molecule has 0 atom stereocenters. The summed E-state index contributed by atoms with van der Waals surface area (Å²) in [6.45, 7) is 4.78. The number of rotatable bonds is 6. The number of piperazine rings is 1. The highest BCUT2D eigenvalue weighted by Crippen LogP contribution is 2.23. The minimum Gasteiger partial charge on any atom is -0.367 e. The first-order valence-corrected chi connectivity index (χ1v) is 11.7. The number of nitrogens with zero attached hydrogens (tertiary/aromatic N) is 3. The van der Waals surface area contributed by atoms with Crippen LogP contribution in [0, 0.1) is 17.7 Å². The van der Waals surface area contributed by atoms with E-state index >= 15 is 0 Å². The van der Waals surface area contributed by atoms with Gasteiger partial charge < -0.3 is 15.1 Å². The van der Waals surface area contributed by atoms with Crippen molar-refractivity contribution in [1.29, 1.82) is 0 Å². The molecular formula is C27H28FN5O2. The molecule has 7 nitrogen and oxygen atoms in total. The second-order valence-corrected chi connectivity index (χ2v) is 8.45. The van der Waals surface area contributed by atoms with Gasteiger partial charge in [-0.3, -0.25) is 14.7 Å². The van der Waals surface area contributed by atoms with Crippen molar-refractivity contribution in [3.8, 4) is 11.8 Å². The molecule has 2 aromatic carbocycles. The zero-order valence-corrected chi connectivity index (χ0v) is 19.7. The van der Waals surface area contributed by atoms with Crippen LogP contribution in [0.2, 0.25) is 0 Å². The van der Waals surface area contributed by atoms with Gasteiger partial charge in [-0.2, -0.15) is 5.10 Å². The lowest BCUT2D eigenvalue weighted by molar-refractivity contribution is -0.129. The van der Waals surface area contributed by atoms with Crippen LogP contribution in [-0.2, 0) is 11.2 Å². The van der Waals surface area contributed by atoms with E-state index in [9.17, 15) is 14.0 Å². The van der Waals surface area contributed by atoms with Gasteiger partial charge in [0.05, 0.1) is 11.9 Å². The number of anilines is 1. The van der Waals surface area contributed by atoms with Crippen molar-refractivity contribution in [2.24, 2.45) is 0 Å². The summed E-state index contributed by atoms with van der Waals surface area (Å²) in [5.41, 5.74) is 3.96. The fourth-order valence-corrected chi connectivity index (χ4v) is 4.00. The Hall–Kier alpha value is -4.12. The highest BCUT2D eigenvalue weighted by molar-refractivity contribution is 5.95. The van der Waals surface area contributed by atoms with E-state index in [1.807, 2.05) is 17.2 Å². The fraction of sp³-hybridized carbons (Fsp3) is 0.296. The molecule has 0 aliphatic carbocycles. The highest BCUT2D eigenvalue weighted by atomic mass is 19.1. The van der Waals surface area contributed by atoms with E-state index in [2.05, 4.69) is 32.3 Å². The van der Waals surface area contributed by atoms with Crippen LogP contribution in [0.5, 0.6) is 0 Å². The number of benzene rings is 2. The van der Waals surface area contributed by atoms with Crippen molar-refractivity contribution in [2.45, 2.75) is 19.8 Å². The summed E-state index contributed by atoms with van der Waals surface area (Å²) in [6.07, 6.45) is 5.27. The lowest BCUT2D eigenvalue weighted by atomic mass is 10.1. The van der Waals surface area contributed by atoms with Gasteiger partial charge in [-0.1, -0.05) is 11.8 Å². The topological polar surface area (TPSA) is 81.3 Å². The van der Waals surface area contributed by atoms with Crippen LogP contribution >= 0.6 is 0 Å². The van der Waals surface area contributed by atoms with E-state index in [1.54, 1.807) is 37.4 Å². The number of amides is 2. The first-order valence-electron chi connectivity index (χ1n) is 11.7. The van der Waals surface area contributed by atoms with Gasteiger partial charge in [0.2, 0.25) is 5.91 Å². The first kappa shape index (κ1) is 24.0. The van der Waals surface area contributed by atoms with Crippen LogP contribution in [0.4, 0.5) is 10.1 Å². The number of hydrogen-bond donors (Lipinski definition) is 2. The normalized spacial score (nSPS) is 13.2. The molecule has 4 rings (SSSR count). The number of carbonyl (C=O) groups excluding carboxylic acids is 2. The molecule has 1 aliphatic rings. The van der Waals surface area contributed by atoms with Crippen molar-refractivity contribution >= 4 is 17.5 Å². The molecule has 0 radical (unpaired) electrons. The summed E-state index contributed by atoms with van der Waals surface area (Å²) < 4.78 is 13.3. The summed E-state index contributed by atoms with van der Waals surface area (Å²) in [7, 11) is 0. The predicted molar refractivity (Wildman–Crippen MR) is 133 cm³/mol. The Bertz CT molecular complexity index is 1220. The Morgan fingerprint density at radius 2 is 1.86 bits per heavy atom. The average Bonchev–Trinajstić information content (AvgIpc) is 3.40. The molecule has 2 N–H and O–H groups in total. The molecule has 0 saturated carbocycles. The third-order valence-corrected chi connectivity index (χ3v) is 5.99. The first-order chi connectivity index (χ1) is 17.0. The number of nitrogens with one attached hydrogen (secondary N) is 2. The van der Waals surface area contributed by atoms with Crippen LogP contribution in [0.1, 0.15) is 40.4 Å². The van der Waals surface area contributed by atoms with Gasteiger partial charge in [0.25, 0.3) is 5.91 Å². The molecule has 1 saturated heterocycles. The Morgan fingerprint density at radius 3 is 2.54 bits per heavy atom. The number of carbonyl (C=O) groups is 2. The Kier molecular flexibility index (Phi) is 7.78. The minimum atomic E-state index is -0.314. The van der Waals surface area contributed by atoms with E-state index < -0.39 is 0 Å². The molecule has 2 amide bonds. The van der Waals surface area contributed by atoms with Crippen LogP contribution in [0.3, 0.4) is 0 Å². The van der Waals surface area contributed by atoms with Crippen molar-refractivity contribution in [1.82, 2.24) is 20.4 Å². The van der Waals surface area contributed by atoms with Gasteiger partial charge in [0.15, 0.2) is 0 Å². The second kappa shape index (κ2) is 11.3. The van der Waals surface area contributed by atoms with Crippen LogP contribution in [0.25, 0.3) is 0 Å². The van der Waals surface area contributed by atoms with E-state index in [0.29, 0.717) is 43.9 Å². The summed E-state index contributed by atoms with van der Waals surface area (Å²) in [4.78, 5) is 28.5. The van der Waals surface area contributed by atoms with Crippen molar-refractivity contribution < 1.29 is 14.0 Å². The number of hydrogen-bond acceptors (Lipinski definition) is 4. The molecule has 1 aromatic heterocycles. The van der Waals surface area contributed by atoms with Gasteiger partial charge in [0.1, 0.15) is 5.82 Å². The predicted octanol–water partition coefficient (Wildman–Crippen LogP) is 2.98. The third-order valence-electron chi connectivity index (χ3n) is 5.99. The van der Waals surface area contributed by atoms with Crippen LogP contribution in [0.15, 0.2) is 54.9 Å². The molecular weight excluding hydrogens is 445 g/mol. The number of halogens is 1. The maximum Gasteiger partial charge on any atom is 0.251 e. The molecule has 180 valence electrons. The SMILES string of the molecule is CC(=O)N1CCN(c2ccc(C(=O)NCCCc3cn[nH]c3)cc2C#Cc2ccc(F)cc2)CC1. The maximum absolute atomic E-state index is 13.3. The van der Waals surface area contributed by atoms with Crippen molar-refractivity contribution in [3.63, 3.8) is 0 Å². The molecule has 0 unspecified atom stereocenters. The Morgan fingerprint density at radius 1 is 1.09 bits per heavy atom. The second-order valence-electron chi connectivity index (χ2n) is 8.45. The van der Waals surface area contributed by atoms with Crippen molar-refractivity contribution in [3.05, 3.63) is 82.9 Å². The molecule has 1 aliphatic heterocycles. The minimum absolute atomic E-state index is 0.0702. The molecule has 3 aromatic rings. The monoisotopic (exact) mass is 473 g/mol. The Labute approximate surface area is 204 Å². The molecule has 8 heteroatoms. The lowest BCUT2D eigenvalue weighted by Gasteiger charge is -2.36.